The molecule has 10 heteroatoms. The van der Waals surface area contributed by atoms with Crippen molar-refractivity contribution in [3.05, 3.63) is 66.0 Å². The van der Waals surface area contributed by atoms with E-state index in [9.17, 15) is 9.59 Å². The molecule has 0 atom stereocenters. The third-order valence-electron chi connectivity index (χ3n) is 10.8. The van der Waals surface area contributed by atoms with Crippen molar-refractivity contribution in [3.8, 4) is 16.9 Å². The number of aryl methyl sites for hydroxylation is 1. The first kappa shape index (κ1) is 33.4. The fraction of sp³-hybridized carbons (Fsp3) is 0.553. The van der Waals surface area contributed by atoms with Gasteiger partial charge in [-0.25, -0.2) is 0 Å². The van der Waals surface area contributed by atoms with Crippen molar-refractivity contribution in [1.82, 2.24) is 14.7 Å². The number of alkyl halides is 2. The average molecular weight is 769 g/mol. The van der Waals surface area contributed by atoms with Gasteiger partial charge in [-0.15, -0.1) is 0 Å². The van der Waals surface area contributed by atoms with Crippen molar-refractivity contribution in [2.24, 2.45) is 11.8 Å². The van der Waals surface area contributed by atoms with Gasteiger partial charge in [0.1, 0.15) is 5.75 Å². The molecule has 2 saturated heterocycles. The maximum atomic E-state index is 14.5. The summed E-state index contributed by atoms with van der Waals surface area (Å²) in [5.41, 5.74) is 5.75. The fourth-order valence-corrected chi connectivity index (χ4v) is 12.1. The summed E-state index contributed by atoms with van der Waals surface area (Å²) in [6.07, 6.45) is 12.5. The number of nitrogens with zero attached hydrogens (tertiary/aromatic N) is 4. The van der Waals surface area contributed by atoms with Crippen LogP contribution in [0.25, 0.3) is 11.1 Å². The van der Waals surface area contributed by atoms with Crippen LogP contribution in [0.2, 0.25) is 0 Å². The number of rotatable bonds is 10. The number of methoxy groups -OCH3 is 2. The van der Waals surface area contributed by atoms with Gasteiger partial charge in [0, 0.05) is 0 Å². The molecule has 9 nitrogen and oxygen atoms in total. The Balaban J connectivity index is 1.03. The van der Waals surface area contributed by atoms with Crippen molar-refractivity contribution in [3.63, 3.8) is 0 Å². The van der Waals surface area contributed by atoms with E-state index < -0.39 is 20.2 Å². The molecule has 0 radical (unpaired) electrons. The average Bonchev–Trinajstić information content (AvgIpc) is 3.82. The van der Waals surface area contributed by atoms with Crippen LogP contribution in [0.15, 0.2) is 54.9 Å². The second-order valence-corrected chi connectivity index (χ2v) is 19.0. The molecule has 4 aliphatic rings. The molecule has 7 rings (SSSR count). The Morgan fingerprint density at radius 1 is 0.938 bits per heavy atom. The summed E-state index contributed by atoms with van der Waals surface area (Å²) in [5, 5.41) is 4.62. The molecule has 1 aromatic heterocycles. The zero-order chi connectivity index (χ0) is 33.2. The van der Waals surface area contributed by atoms with Gasteiger partial charge in [-0.05, 0) is 31.4 Å². The topological polar surface area (TPSA) is 86.1 Å². The van der Waals surface area contributed by atoms with E-state index in [-0.39, 0.29) is 24.0 Å². The van der Waals surface area contributed by atoms with E-state index in [0.717, 1.165) is 76.5 Å². The van der Waals surface area contributed by atoms with Gasteiger partial charge in [-0.3, -0.25) is 0 Å². The Morgan fingerprint density at radius 3 is 2.40 bits per heavy atom. The predicted octanol–water partition coefficient (Wildman–Crippen LogP) is 7.81. The molecule has 3 aromatic rings. The fourth-order valence-electron chi connectivity index (χ4n) is 7.46. The van der Waals surface area contributed by atoms with Gasteiger partial charge in [-0.2, -0.15) is 0 Å². The van der Waals surface area contributed by atoms with Crippen molar-refractivity contribution < 1.29 is 22.1 Å². The number of benzene rings is 2. The summed E-state index contributed by atoms with van der Waals surface area (Å²) in [7, 11) is 3.41. The zero-order valence-corrected chi connectivity index (χ0v) is 30.6. The molecule has 0 bridgehead atoms. The molecule has 2 aliphatic carbocycles. The molecule has 4 fully saturated rings. The van der Waals surface area contributed by atoms with Gasteiger partial charge in [0.05, 0.1) is 7.11 Å². The van der Waals surface area contributed by atoms with Crippen LogP contribution in [0.3, 0.4) is 0 Å². The van der Waals surface area contributed by atoms with E-state index in [4.69, 9.17) is 12.5 Å². The normalized spacial score (nSPS) is 22.6. The third kappa shape index (κ3) is 7.54. The smallest absolute Gasteiger partial charge is 0.0361 e. The number of aromatic nitrogens is 2. The van der Waals surface area contributed by atoms with Gasteiger partial charge in [0.25, 0.3) is 0 Å². The van der Waals surface area contributed by atoms with E-state index >= 15 is 0 Å². The molecule has 2 amide bonds. The van der Waals surface area contributed by atoms with Crippen LogP contribution < -0.4 is 9.64 Å². The first-order chi connectivity index (χ1) is 23.4. The van der Waals surface area contributed by atoms with Crippen molar-refractivity contribution >= 4 is 37.9 Å². The van der Waals surface area contributed by atoms with Gasteiger partial charge >= 0.3 is 244 Å². The van der Waals surface area contributed by atoms with Gasteiger partial charge in [0.15, 0.2) is 0 Å². The number of likely N-dealkylation sites (tertiary alicyclic amines) is 1. The Kier molecular flexibility index (Phi) is 10.3. The molecule has 0 spiro atoms. The van der Waals surface area contributed by atoms with E-state index in [0.29, 0.717) is 31.0 Å². The van der Waals surface area contributed by atoms with Crippen LogP contribution in [0.1, 0.15) is 74.5 Å². The number of hydrogen-bond donors (Lipinski definition) is 0. The minimum atomic E-state index is -1.89. The summed E-state index contributed by atoms with van der Waals surface area (Å²) < 4.78 is 20.6. The molecule has 2 aliphatic heterocycles. The third-order valence-corrected chi connectivity index (χ3v) is 15.4. The second-order valence-electron chi connectivity index (χ2n) is 14.1. The van der Waals surface area contributed by atoms with Gasteiger partial charge < -0.3 is 4.74 Å². The summed E-state index contributed by atoms with van der Waals surface area (Å²) in [4.78, 5) is 30.9. The van der Waals surface area contributed by atoms with Gasteiger partial charge in [-0.1, -0.05) is 0 Å². The van der Waals surface area contributed by atoms with E-state index in [1.54, 1.807) is 19.1 Å². The molecule has 0 unspecified atom stereocenters. The van der Waals surface area contributed by atoms with E-state index in [1.807, 2.05) is 6.20 Å². The number of ether oxygens (including phenoxy) is 2. The van der Waals surface area contributed by atoms with Crippen molar-refractivity contribution in [2.45, 2.75) is 76.4 Å². The zero-order valence-electron chi connectivity index (χ0n) is 28.5. The van der Waals surface area contributed by atoms with Crippen LogP contribution in [0.5, 0.6) is 5.75 Å². The number of amides is 2. The van der Waals surface area contributed by atoms with E-state index in [1.165, 1.54) is 24.0 Å². The molecular weight excluding hydrogens is 719 g/mol. The number of carbonyl (C=O) groups is 2. The first-order valence-electron chi connectivity index (χ1n) is 17.6. The van der Waals surface area contributed by atoms with Crippen LogP contribution in [-0.4, -0.2) is 75.5 Å². The van der Waals surface area contributed by atoms with Crippen molar-refractivity contribution in [1.29, 1.82) is 0 Å². The Hall–Kier alpha value is -3.12. The molecule has 48 heavy (non-hydrogen) atoms. The molecule has 0 N–H and O–H groups in total. The maximum absolute atomic E-state index is 14.5. The standard InChI is InChI=1S/C38H49IN4O5/c1-26-19-31(11-14-36(26)47-3)28-9-7-27(8-10-28)22-42(34-6-4-5-30(20-34)32-21-40-43(23-32)33-12-13-33)37(44)29-15-17-39(18-16-29)48-38(45)41-24-35(25-41)46-2/h4-6,11,14,19-21,23,27-29,33,35H,7-10,12-13,15-18,22,24-25H2,1-3H3. The minimum Gasteiger partial charge on any atom is -0.0361 e. The Bertz CT molecular complexity index is 1590. The predicted molar refractivity (Wildman–Crippen MR) is 196 cm³/mol. The summed E-state index contributed by atoms with van der Waals surface area (Å²) in [5.74, 6) is 2.11. The molecule has 258 valence electrons. The monoisotopic (exact) mass is 768 g/mol. The number of hydrogen-bond acceptors (Lipinski definition) is 6. The Labute approximate surface area is 292 Å². The quantitative estimate of drug-likeness (QED) is 0.155. The van der Waals surface area contributed by atoms with Crippen LogP contribution in [0, 0.1) is 18.8 Å². The second kappa shape index (κ2) is 14.8. The van der Waals surface area contributed by atoms with Crippen LogP contribution in [0.4, 0.5) is 10.5 Å². The number of carbonyl (C=O) groups excluding carboxylic acids is 2. The molecule has 3 heterocycles. The molecule has 2 saturated carbocycles. The molecular formula is C38H49IN4O5. The van der Waals surface area contributed by atoms with Gasteiger partial charge in [0.2, 0.25) is 0 Å². The first-order valence-corrected chi connectivity index (χ1v) is 21.5. The van der Waals surface area contributed by atoms with Crippen molar-refractivity contribution in [2.75, 3.05) is 47.6 Å². The summed E-state index contributed by atoms with van der Waals surface area (Å²) in [6.45, 7) is 4.07. The SMILES string of the molecule is COc1ccc(C2CCC(CN(C(=O)C3CCI(OC(=O)N4CC(OC)C4)CC3)c3cccc(-c4cnn(C5CC5)c4)c3)CC2)cc1C. The number of anilines is 1. The number of halogens is 1. The van der Waals surface area contributed by atoms with E-state index in [2.05, 4.69) is 70.3 Å². The summed E-state index contributed by atoms with van der Waals surface area (Å²) in [6, 6.07) is 15.6. The van der Waals surface area contributed by atoms with Crippen LogP contribution in [-0.2, 0) is 12.6 Å². The minimum absolute atomic E-state index is 0.0426. The van der Waals surface area contributed by atoms with Crippen LogP contribution >= 0.6 is 20.2 Å². The Morgan fingerprint density at radius 2 is 1.71 bits per heavy atom. The summed E-state index contributed by atoms with van der Waals surface area (Å²) >= 11 is -1.89. The molecule has 2 aromatic carbocycles.